The average molecular weight is 375 g/mol. The molecule has 0 fully saturated rings. The number of hydrogen-bond donors (Lipinski definition) is 3. The summed E-state index contributed by atoms with van der Waals surface area (Å²) in [6, 6.07) is 8.96. The van der Waals surface area contributed by atoms with Crippen LogP contribution in [0.4, 0.5) is 0 Å². The number of nitrogens with one attached hydrogen (secondary N) is 2. The largest absolute Gasteiger partial charge is 0.508 e. The molecule has 1 heterocycles. The maximum Gasteiger partial charge on any atom is 0.251 e. The molecule has 0 atom stereocenters. The maximum atomic E-state index is 11.9. The molecule has 1 amide bonds. The number of benzene rings is 1. The van der Waals surface area contributed by atoms with Crippen molar-refractivity contribution < 1.29 is 18.3 Å². The number of hydrogen-bond acceptors (Lipinski definition) is 5. The van der Waals surface area contributed by atoms with Crippen LogP contribution in [-0.2, 0) is 10.0 Å². The molecule has 0 bridgehead atoms. The summed E-state index contributed by atoms with van der Waals surface area (Å²) in [6.07, 6.45) is 0.433. The van der Waals surface area contributed by atoms with E-state index in [1.165, 1.54) is 24.3 Å². The van der Waals surface area contributed by atoms with E-state index in [-0.39, 0.29) is 22.4 Å². The van der Waals surface area contributed by atoms with Gasteiger partial charge in [-0.05, 0) is 36.8 Å². The Morgan fingerprint density at radius 1 is 1.22 bits per heavy atom. The van der Waals surface area contributed by atoms with Gasteiger partial charge in [-0.15, -0.1) is 11.3 Å². The van der Waals surface area contributed by atoms with Gasteiger partial charge in [-0.3, -0.25) is 4.79 Å². The van der Waals surface area contributed by atoms with Gasteiger partial charge in [0.05, 0.1) is 4.34 Å². The number of carbonyl (C=O) groups is 1. The molecule has 2 aromatic rings. The third-order valence-corrected chi connectivity index (χ3v) is 6.04. The second-order valence-electron chi connectivity index (χ2n) is 4.62. The first kappa shape index (κ1) is 17.7. The summed E-state index contributed by atoms with van der Waals surface area (Å²) in [5.74, 6) is -0.311. The lowest BCUT2D eigenvalue weighted by molar-refractivity contribution is 0.0953. The average Bonchev–Trinajstić information content (AvgIpc) is 2.94. The van der Waals surface area contributed by atoms with Crippen molar-refractivity contribution in [3.05, 3.63) is 46.3 Å². The van der Waals surface area contributed by atoms with Crippen molar-refractivity contribution in [3.8, 4) is 5.75 Å². The fourth-order valence-corrected chi connectivity index (χ4v) is 4.36. The second-order valence-corrected chi connectivity index (χ2v) is 8.32. The number of sulfonamides is 1. The zero-order chi connectivity index (χ0) is 16.9. The Morgan fingerprint density at radius 2 is 2.00 bits per heavy atom. The van der Waals surface area contributed by atoms with E-state index in [4.69, 9.17) is 11.6 Å². The summed E-state index contributed by atoms with van der Waals surface area (Å²) in [5, 5.41) is 12.0. The number of rotatable bonds is 7. The van der Waals surface area contributed by atoms with Crippen LogP contribution in [0, 0.1) is 0 Å². The molecule has 0 saturated carbocycles. The minimum absolute atomic E-state index is 0.0139. The van der Waals surface area contributed by atoms with Crippen LogP contribution < -0.4 is 10.0 Å². The van der Waals surface area contributed by atoms with E-state index in [0.717, 1.165) is 11.3 Å². The van der Waals surface area contributed by atoms with Crippen LogP contribution in [0.1, 0.15) is 16.8 Å². The van der Waals surface area contributed by atoms with Gasteiger partial charge in [0.15, 0.2) is 0 Å². The number of phenolic OH excluding ortho intramolecular Hbond substituents is 1. The fourth-order valence-electron chi connectivity index (χ4n) is 1.76. The third-order valence-electron chi connectivity index (χ3n) is 2.85. The highest BCUT2D eigenvalue weighted by atomic mass is 35.5. The molecular formula is C14H15ClN2O4S2. The Labute approximate surface area is 143 Å². The van der Waals surface area contributed by atoms with E-state index in [0.29, 0.717) is 22.9 Å². The highest BCUT2D eigenvalue weighted by Crippen LogP contribution is 2.25. The molecule has 1 aromatic carbocycles. The van der Waals surface area contributed by atoms with E-state index < -0.39 is 10.0 Å². The van der Waals surface area contributed by atoms with Gasteiger partial charge in [-0.2, -0.15) is 0 Å². The predicted octanol–water partition coefficient (Wildman–Crippen LogP) is 2.21. The lowest BCUT2D eigenvalue weighted by Crippen LogP contribution is -2.29. The molecule has 0 aliphatic carbocycles. The van der Waals surface area contributed by atoms with Crippen LogP contribution in [0.3, 0.4) is 0 Å². The second kappa shape index (κ2) is 7.78. The third kappa shape index (κ3) is 5.21. The highest BCUT2D eigenvalue weighted by Gasteiger charge is 2.15. The standard InChI is InChI=1S/C14H15ClN2O4S2/c15-12-5-6-13(22-12)23(20,21)17-8-2-7-16-14(19)10-3-1-4-11(18)9-10/h1,3-6,9,17-18H,2,7-8H2,(H,16,19). The molecule has 23 heavy (non-hydrogen) atoms. The molecule has 0 aliphatic heterocycles. The minimum atomic E-state index is -3.56. The Bertz CT molecular complexity index is 790. The molecule has 9 heteroatoms. The number of carbonyl (C=O) groups excluding carboxylic acids is 1. The van der Waals surface area contributed by atoms with Crippen LogP contribution in [0.15, 0.2) is 40.6 Å². The van der Waals surface area contributed by atoms with Crippen LogP contribution >= 0.6 is 22.9 Å². The Hall–Kier alpha value is -1.61. The first-order chi connectivity index (χ1) is 10.9. The summed E-state index contributed by atoms with van der Waals surface area (Å²) in [7, 11) is -3.56. The van der Waals surface area contributed by atoms with Crippen molar-refractivity contribution in [1.29, 1.82) is 0 Å². The predicted molar refractivity (Wildman–Crippen MR) is 89.6 cm³/mol. The first-order valence-corrected chi connectivity index (χ1v) is 9.38. The number of amides is 1. The molecule has 2 rings (SSSR count). The van der Waals surface area contributed by atoms with Crippen LogP contribution in [0.2, 0.25) is 4.34 Å². The normalized spacial score (nSPS) is 11.3. The van der Waals surface area contributed by atoms with Crippen molar-refractivity contribution >= 4 is 38.9 Å². The number of aromatic hydroxyl groups is 1. The van der Waals surface area contributed by atoms with Gasteiger partial charge < -0.3 is 10.4 Å². The van der Waals surface area contributed by atoms with Crippen molar-refractivity contribution in [2.75, 3.05) is 13.1 Å². The number of thiophene rings is 1. The molecule has 0 unspecified atom stereocenters. The van der Waals surface area contributed by atoms with Crippen LogP contribution in [0.25, 0.3) is 0 Å². The zero-order valence-corrected chi connectivity index (χ0v) is 14.3. The Balaban J connectivity index is 1.74. The quantitative estimate of drug-likeness (QED) is 0.647. The van der Waals surface area contributed by atoms with Crippen molar-refractivity contribution in [1.82, 2.24) is 10.0 Å². The molecule has 0 saturated heterocycles. The fraction of sp³-hybridized carbons (Fsp3) is 0.214. The minimum Gasteiger partial charge on any atom is -0.508 e. The molecule has 0 aliphatic rings. The lowest BCUT2D eigenvalue weighted by Gasteiger charge is -2.07. The Morgan fingerprint density at radius 3 is 2.65 bits per heavy atom. The maximum absolute atomic E-state index is 11.9. The SMILES string of the molecule is O=C(NCCCNS(=O)(=O)c1ccc(Cl)s1)c1cccc(O)c1. The molecular weight excluding hydrogens is 360 g/mol. The summed E-state index contributed by atoms with van der Waals surface area (Å²) >= 11 is 6.70. The van der Waals surface area contributed by atoms with Crippen molar-refractivity contribution in [2.45, 2.75) is 10.6 Å². The van der Waals surface area contributed by atoms with Gasteiger partial charge in [0.2, 0.25) is 10.0 Å². The number of halogens is 1. The van der Waals surface area contributed by atoms with Crippen molar-refractivity contribution in [2.24, 2.45) is 0 Å². The molecule has 6 nitrogen and oxygen atoms in total. The van der Waals surface area contributed by atoms with Gasteiger partial charge in [0.1, 0.15) is 9.96 Å². The summed E-state index contributed by atoms with van der Waals surface area (Å²) in [5.41, 5.74) is 0.346. The monoisotopic (exact) mass is 374 g/mol. The summed E-state index contributed by atoms with van der Waals surface area (Å²) < 4.78 is 26.9. The highest BCUT2D eigenvalue weighted by molar-refractivity contribution is 7.91. The van der Waals surface area contributed by atoms with E-state index >= 15 is 0 Å². The van der Waals surface area contributed by atoms with Gasteiger partial charge in [0.25, 0.3) is 5.91 Å². The van der Waals surface area contributed by atoms with Gasteiger partial charge >= 0.3 is 0 Å². The van der Waals surface area contributed by atoms with Gasteiger partial charge in [-0.25, -0.2) is 13.1 Å². The topological polar surface area (TPSA) is 95.5 Å². The molecule has 0 spiro atoms. The van der Waals surface area contributed by atoms with Crippen LogP contribution in [-0.4, -0.2) is 32.5 Å². The van der Waals surface area contributed by atoms with Gasteiger partial charge in [0, 0.05) is 18.7 Å². The van der Waals surface area contributed by atoms with E-state index in [1.807, 2.05) is 0 Å². The van der Waals surface area contributed by atoms with E-state index in [1.54, 1.807) is 12.1 Å². The smallest absolute Gasteiger partial charge is 0.251 e. The van der Waals surface area contributed by atoms with Crippen LogP contribution in [0.5, 0.6) is 5.75 Å². The molecule has 124 valence electrons. The summed E-state index contributed by atoms with van der Waals surface area (Å²) in [6.45, 7) is 0.500. The lowest BCUT2D eigenvalue weighted by atomic mass is 10.2. The summed E-state index contributed by atoms with van der Waals surface area (Å²) in [4.78, 5) is 11.8. The van der Waals surface area contributed by atoms with Gasteiger partial charge in [-0.1, -0.05) is 17.7 Å². The molecule has 3 N–H and O–H groups in total. The molecule has 0 radical (unpaired) electrons. The first-order valence-electron chi connectivity index (χ1n) is 6.71. The Kier molecular flexibility index (Phi) is 6.00. The van der Waals surface area contributed by atoms with E-state index in [2.05, 4.69) is 10.0 Å². The zero-order valence-electron chi connectivity index (χ0n) is 12.0. The van der Waals surface area contributed by atoms with Crippen molar-refractivity contribution in [3.63, 3.8) is 0 Å². The van der Waals surface area contributed by atoms with E-state index in [9.17, 15) is 18.3 Å². The number of phenols is 1. The molecule has 1 aromatic heterocycles.